The smallest absolute Gasteiger partial charge is 0.263 e. The van der Waals surface area contributed by atoms with Crippen molar-refractivity contribution in [2.75, 3.05) is 0 Å². The molecule has 2 nitrogen and oxygen atoms in total. The Morgan fingerprint density at radius 3 is 1.98 bits per heavy atom. The number of benzene rings is 6. The molecule has 0 bridgehead atoms. The Balaban J connectivity index is 1.38. The van der Waals surface area contributed by atoms with Gasteiger partial charge in [-0.15, -0.1) is 0 Å². The summed E-state index contributed by atoms with van der Waals surface area (Å²) in [5.74, 6) is 0. The lowest BCUT2D eigenvalue weighted by atomic mass is 9.88. The molecule has 6 aromatic carbocycles. The number of nitrogens with zero attached hydrogens (tertiary/aromatic N) is 1. The molecule has 0 fully saturated rings. The zero-order chi connectivity index (χ0) is 28.9. The van der Waals surface area contributed by atoms with Crippen molar-refractivity contribution >= 4 is 38.0 Å². The summed E-state index contributed by atoms with van der Waals surface area (Å²) < 4.78 is 1.92. The summed E-state index contributed by atoms with van der Waals surface area (Å²) in [4.78, 5) is 13.7. The average Bonchev–Trinajstić information content (AvgIpc) is 3.41. The molecule has 0 aliphatic carbocycles. The van der Waals surface area contributed by atoms with Crippen molar-refractivity contribution in [1.29, 1.82) is 0 Å². The van der Waals surface area contributed by atoms with E-state index in [0.29, 0.717) is 0 Å². The van der Waals surface area contributed by atoms with Gasteiger partial charge in [0.05, 0.1) is 11.0 Å². The first-order valence-corrected chi connectivity index (χ1v) is 15.2. The minimum Gasteiger partial charge on any atom is -0.275 e. The van der Waals surface area contributed by atoms with Crippen molar-refractivity contribution < 1.29 is 0 Å². The van der Waals surface area contributed by atoms with E-state index in [1.54, 1.807) is 0 Å². The van der Waals surface area contributed by atoms with Gasteiger partial charge in [0.25, 0.3) is 5.56 Å². The number of hydrogen-bond donors (Lipinski definition) is 0. The van der Waals surface area contributed by atoms with Gasteiger partial charge in [-0.3, -0.25) is 9.20 Å². The lowest BCUT2D eigenvalue weighted by Gasteiger charge is -2.16. The second-order valence-electron chi connectivity index (χ2n) is 11.5. The largest absolute Gasteiger partial charge is 0.275 e. The fourth-order valence-electron chi connectivity index (χ4n) is 6.96. The van der Waals surface area contributed by atoms with E-state index in [1.165, 1.54) is 38.9 Å². The molecule has 2 heteroatoms. The maximum atomic E-state index is 13.7. The van der Waals surface area contributed by atoms with Crippen molar-refractivity contribution in [3.05, 3.63) is 161 Å². The molecule has 0 aliphatic rings. The molecule has 0 atom stereocenters. The Labute approximate surface area is 250 Å². The van der Waals surface area contributed by atoms with Crippen LogP contribution in [0.25, 0.3) is 60.2 Å². The van der Waals surface area contributed by atoms with Crippen LogP contribution in [0, 0.1) is 0 Å². The van der Waals surface area contributed by atoms with E-state index in [4.69, 9.17) is 0 Å². The predicted molar refractivity (Wildman–Crippen MR) is 181 cm³/mol. The fraction of sp³-hybridized carbons (Fsp3) is 0.0976. The molecule has 2 aromatic heterocycles. The van der Waals surface area contributed by atoms with E-state index in [1.807, 2.05) is 28.7 Å². The SMILES string of the molecule is CCc1ccccc1-c1ccc(-c2cc3c4ccccc4c(=O)n4c5ccccc5c(c2)c34)cc1CCc1ccccc1. The maximum Gasteiger partial charge on any atom is 0.263 e. The Morgan fingerprint density at radius 2 is 1.16 bits per heavy atom. The first kappa shape index (κ1) is 25.5. The van der Waals surface area contributed by atoms with Crippen LogP contribution < -0.4 is 5.56 Å². The van der Waals surface area contributed by atoms with Crippen molar-refractivity contribution in [1.82, 2.24) is 4.40 Å². The third-order valence-electron chi connectivity index (χ3n) is 9.07. The molecule has 0 unspecified atom stereocenters. The molecule has 206 valence electrons. The van der Waals surface area contributed by atoms with E-state index < -0.39 is 0 Å². The minimum atomic E-state index is 0.0455. The van der Waals surface area contributed by atoms with Crippen molar-refractivity contribution in [3.63, 3.8) is 0 Å². The van der Waals surface area contributed by atoms with Gasteiger partial charge in [-0.25, -0.2) is 0 Å². The summed E-state index contributed by atoms with van der Waals surface area (Å²) in [6, 6.07) is 47.5. The van der Waals surface area contributed by atoms with Crippen LogP contribution in [-0.4, -0.2) is 4.40 Å². The highest BCUT2D eigenvalue weighted by Crippen LogP contribution is 2.39. The Bertz CT molecular complexity index is 2350. The molecule has 0 aliphatic heterocycles. The number of para-hydroxylation sites is 1. The van der Waals surface area contributed by atoms with Gasteiger partial charge in [0, 0.05) is 21.5 Å². The second-order valence-corrected chi connectivity index (χ2v) is 11.5. The van der Waals surface area contributed by atoms with Crippen molar-refractivity contribution in [2.24, 2.45) is 0 Å². The average molecular weight is 554 g/mol. The summed E-state index contributed by atoms with van der Waals surface area (Å²) in [7, 11) is 0. The minimum absolute atomic E-state index is 0.0455. The molecule has 8 rings (SSSR count). The van der Waals surface area contributed by atoms with E-state index in [-0.39, 0.29) is 5.56 Å². The monoisotopic (exact) mass is 553 g/mol. The number of aryl methyl sites for hydroxylation is 3. The number of hydrogen-bond acceptors (Lipinski definition) is 1. The first-order valence-electron chi connectivity index (χ1n) is 15.2. The summed E-state index contributed by atoms with van der Waals surface area (Å²) in [5.41, 5.74) is 11.1. The van der Waals surface area contributed by atoms with Crippen LogP contribution >= 0.6 is 0 Å². The number of pyridine rings is 1. The molecule has 43 heavy (non-hydrogen) atoms. The summed E-state index contributed by atoms with van der Waals surface area (Å²) >= 11 is 0. The second kappa shape index (κ2) is 10.3. The lowest BCUT2D eigenvalue weighted by molar-refractivity contribution is 0.961. The van der Waals surface area contributed by atoms with Gasteiger partial charge in [-0.05, 0) is 87.9 Å². The molecule has 0 N–H and O–H groups in total. The van der Waals surface area contributed by atoms with Crippen LogP contribution in [0.1, 0.15) is 23.6 Å². The van der Waals surface area contributed by atoms with E-state index in [9.17, 15) is 4.79 Å². The van der Waals surface area contributed by atoms with Gasteiger partial charge < -0.3 is 0 Å². The normalized spacial score (nSPS) is 11.7. The van der Waals surface area contributed by atoms with E-state index in [0.717, 1.165) is 57.2 Å². The quantitative estimate of drug-likeness (QED) is 0.188. The molecule has 2 heterocycles. The number of fused-ring (bicyclic) bond motifs is 5. The highest BCUT2D eigenvalue weighted by molar-refractivity contribution is 6.21. The van der Waals surface area contributed by atoms with Crippen LogP contribution in [0.2, 0.25) is 0 Å². The topological polar surface area (TPSA) is 21.5 Å². The molecule has 0 radical (unpaired) electrons. The summed E-state index contributed by atoms with van der Waals surface area (Å²) in [5, 5.41) is 5.11. The van der Waals surface area contributed by atoms with Crippen molar-refractivity contribution in [2.45, 2.75) is 26.2 Å². The zero-order valence-electron chi connectivity index (χ0n) is 24.2. The summed E-state index contributed by atoms with van der Waals surface area (Å²) in [6.07, 6.45) is 2.94. The molecule has 0 amide bonds. The number of rotatable bonds is 6. The van der Waals surface area contributed by atoms with Gasteiger partial charge >= 0.3 is 0 Å². The Hall–Kier alpha value is -5.21. The molecular formula is C41H31NO. The number of aromatic nitrogens is 1. The molecule has 8 aromatic rings. The van der Waals surface area contributed by atoms with Crippen LogP contribution in [0.5, 0.6) is 0 Å². The Morgan fingerprint density at radius 1 is 0.512 bits per heavy atom. The van der Waals surface area contributed by atoms with E-state index >= 15 is 0 Å². The van der Waals surface area contributed by atoms with Crippen LogP contribution in [-0.2, 0) is 19.3 Å². The van der Waals surface area contributed by atoms with Crippen molar-refractivity contribution in [3.8, 4) is 22.3 Å². The van der Waals surface area contributed by atoms with Gasteiger partial charge in [-0.2, -0.15) is 0 Å². The molecular weight excluding hydrogens is 522 g/mol. The molecule has 0 saturated carbocycles. The summed E-state index contributed by atoms with van der Waals surface area (Å²) in [6.45, 7) is 2.23. The Kier molecular flexibility index (Phi) is 6.08. The lowest BCUT2D eigenvalue weighted by Crippen LogP contribution is -2.12. The standard InChI is InChI=1S/C41H31NO/c1-2-28-14-6-7-15-32(28)33-23-22-29(24-30(33)21-20-27-12-4-3-5-13-27)31-25-37-34-16-8-9-18-36(34)41(43)42-39-19-11-10-17-35(39)38(26-31)40(37)42/h3-19,22-26H,2,20-21H2,1H3. The maximum absolute atomic E-state index is 13.7. The van der Waals surface area contributed by atoms with E-state index in [2.05, 4.69) is 116 Å². The highest BCUT2D eigenvalue weighted by atomic mass is 16.1. The predicted octanol–water partition coefficient (Wildman–Crippen LogP) is 9.88. The van der Waals surface area contributed by atoms with Gasteiger partial charge in [0.2, 0.25) is 0 Å². The first-order chi connectivity index (χ1) is 21.2. The molecule has 0 saturated heterocycles. The van der Waals surface area contributed by atoms with Crippen LogP contribution in [0.3, 0.4) is 0 Å². The fourth-order valence-corrected chi connectivity index (χ4v) is 6.96. The third-order valence-corrected chi connectivity index (χ3v) is 9.07. The van der Waals surface area contributed by atoms with Gasteiger partial charge in [0.1, 0.15) is 0 Å². The third kappa shape index (κ3) is 4.13. The van der Waals surface area contributed by atoms with Gasteiger partial charge in [-0.1, -0.05) is 116 Å². The highest BCUT2D eigenvalue weighted by Gasteiger charge is 2.19. The van der Waals surface area contributed by atoms with Gasteiger partial charge in [0.15, 0.2) is 0 Å². The van der Waals surface area contributed by atoms with Crippen LogP contribution in [0.4, 0.5) is 0 Å². The zero-order valence-corrected chi connectivity index (χ0v) is 24.2. The van der Waals surface area contributed by atoms with Crippen LogP contribution in [0.15, 0.2) is 138 Å². The molecule has 0 spiro atoms.